The molecule has 0 spiro atoms. The van der Waals surface area contributed by atoms with Crippen molar-refractivity contribution in [2.75, 3.05) is 0 Å². The molecule has 0 amide bonds. The van der Waals surface area contributed by atoms with Gasteiger partial charge in [0.05, 0.1) is 12.1 Å². The van der Waals surface area contributed by atoms with Gasteiger partial charge in [-0.15, -0.1) is 0 Å². The maximum atomic E-state index is 4.32. The van der Waals surface area contributed by atoms with Crippen LogP contribution in [-0.2, 0) is 0 Å². The predicted octanol–water partition coefficient (Wildman–Crippen LogP) is 4.04. The molecule has 2 aromatic rings. The normalized spacial score (nSPS) is 15.1. The highest BCUT2D eigenvalue weighted by molar-refractivity contribution is 5.25. The Labute approximate surface area is 146 Å². The van der Waals surface area contributed by atoms with Crippen LogP contribution in [0.3, 0.4) is 0 Å². The third-order valence-corrected chi connectivity index (χ3v) is 3.60. The first kappa shape index (κ1) is 18.6. The van der Waals surface area contributed by atoms with Crippen molar-refractivity contribution in [2.45, 2.75) is 64.7 Å². The average Bonchev–Trinajstić information content (AvgIpc) is 2.50. The lowest BCUT2D eigenvalue weighted by molar-refractivity contribution is 0.258. The lowest BCUT2D eigenvalue weighted by Crippen LogP contribution is -2.48. The van der Waals surface area contributed by atoms with Crippen LogP contribution in [0.15, 0.2) is 49.1 Å². The standard InChI is InChI=1S/C20H30N4/c1-19(2,3)23-17(15-9-7-11-21-13-15)18(24-20(4,5)6)16-10-8-12-22-14-16/h7-14,17-18,23-24H,1-6H3/t17-,18-/m1/s1. The Hall–Kier alpha value is -1.78. The van der Waals surface area contributed by atoms with Crippen molar-refractivity contribution in [3.8, 4) is 0 Å². The number of hydrogen-bond acceptors (Lipinski definition) is 4. The molecule has 0 bridgehead atoms. The van der Waals surface area contributed by atoms with E-state index < -0.39 is 0 Å². The first-order chi connectivity index (χ1) is 11.2. The third-order valence-electron chi connectivity index (χ3n) is 3.60. The molecule has 24 heavy (non-hydrogen) atoms. The van der Waals surface area contributed by atoms with Crippen molar-refractivity contribution < 1.29 is 0 Å². The van der Waals surface area contributed by atoms with Gasteiger partial charge in [0, 0.05) is 35.9 Å². The summed E-state index contributed by atoms with van der Waals surface area (Å²) in [5.74, 6) is 0. The second-order valence-electron chi connectivity index (χ2n) is 8.32. The minimum atomic E-state index is -0.0273. The van der Waals surface area contributed by atoms with E-state index in [2.05, 4.69) is 74.3 Å². The number of hydrogen-bond donors (Lipinski definition) is 2. The Bertz CT molecular complexity index is 554. The molecule has 2 aromatic heterocycles. The van der Waals surface area contributed by atoms with Gasteiger partial charge in [-0.1, -0.05) is 12.1 Å². The fourth-order valence-corrected chi connectivity index (χ4v) is 2.77. The summed E-state index contributed by atoms with van der Waals surface area (Å²) < 4.78 is 0. The molecule has 0 saturated heterocycles. The van der Waals surface area contributed by atoms with E-state index in [1.54, 1.807) is 0 Å². The maximum absolute atomic E-state index is 4.32. The fraction of sp³-hybridized carbons (Fsp3) is 0.500. The van der Waals surface area contributed by atoms with Crippen molar-refractivity contribution in [2.24, 2.45) is 0 Å². The highest BCUT2D eigenvalue weighted by atomic mass is 15.1. The molecular formula is C20H30N4. The molecule has 0 aliphatic carbocycles. The average molecular weight is 326 g/mol. The van der Waals surface area contributed by atoms with Crippen LogP contribution in [0.2, 0.25) is 0 Å². The molecule has 0 unspecified atom stereocenters. The third kappa shape index (κ3) is 5.69. The molecule has 2 heterocycles. The molecule has 0 aliphatic rings. The predicted molar refractivity (Wildman–Crippen MR) is 99.7 cm³/mol. The van der Waals surface area contributed by atoms with E-state index >= 15 is 0 Å². The Morgan fingerprint density at radius 1 is 0.708 bits per heavy atom. The Balaban J connectivity index is 2.47. The molecule has 2 N–H and O–H groups in total. The van der Waals surface area contributed by atoms with Gasteiger partial charge >= 0.3 is 0 Å². The topological polar surface area (TPSA) is 49.8 Å². The summed E-state index contributed by atoms with van der Waals surface area (Å²) >= 11 is 0. The van der Waals surface area contributed by atoms with Gasteiger partial charge in [0.2, 0.25) is 0 Å². The lowest BCUT2D eigenvalue weighted by Gasteiger charge is -2.38. The largest absolute Gasteiger partial charge is 0.304 e. The van der Waals surface area contributed by atoms with E-state index in [9.17, 15) is 0 Å². The monoisotopic (exact) mass is 326 g/mol. The van der Waals surface area contributed by atoms with Gasteiger partial charge in [0.15, 0.2) is 0 Å². The van der Waals surface area contributed by atoms with E-state index in [-0.39, 0.29) is 23.2 Å². The first-order valence-corrected chi connectivity index (χ1v) is 8.51. The highest BCUT2D eigenvalue weighted by Crippen LogP contribution is 2.31. The molecular weight excluding hydrogens is 296 g/mol. The van der Waals surface area contributed by atoms with Gasteiger partial charge in [-0.05, 0) is 64.8 Å². The van der Waals surface area contributed by atoms with Crippen LogP contribution in [0, 0.1) is 0 Å². The van der Waals surface area contributed by atoms with Gasteiger partial charge in [-0.25, -0.2) is 0 Å². The zero-order chi connectivity index (χ0) is 17.8. The Morgan fingerprint density at radius 2 is 1.08 bits per heavy atom. The number of nitrogens with one attached hydrogen (secondary N) is 2. The molecule has 0 radical (unpaired) electrons. The summed E-state index contributed by atoms with van der Waals surface area (Å²) in [5.41, 5.74) is 2.28. The quantitative estimate of drug-likeness (QED) is 0.871. The van der Waals surface area contributed by atoms with Crippen molar-refractivity contribution in [1.29, 1.82) is 0 Å². The summed E-state index contributed by atoms with van der Waals surface area (Å²) in [6.45, 7) is 13.1. The Kier molecular flexibility index (Phi) is 5.73. The second kappa shape index (κ2) is 7.41. The lowest BCUT2D eigenvalue weighted by atomic mass is 9.90. The van der Waals surface area contributed by atoms with Crippen LogP contribution in [0.5, 0.6) is 0 Å². The molecule has 0 aromatic carbocycles. The van der Waals surface area contributed by atoms with Crippen molar-refractivity contribution in [1.82, 2.24) is 20.6 Å². The minimum absolute atomic E-state index is 0.0273. The number of pyridine rings is 2. The van der Waals surface area contributed by atoms with E-state index in [0.717, 1.165) is 11.1 Å². The van der Waals surface area contributed by atoms with E-state index in [0.29, 0.717) is 0 Å². The van der Waals surface area contributed by atoms with Gasteiger partial charge in [-0.2, -0.15) is 0 Å². The van der Waals surface area contributed by atoms with Crippen LogP contribution >= 0.6 is 0 Å². The van der Waals surface area contributed by atoms with Crippen molar-refractivity contribution in [3.05, 3.63) is 60.2 Å². The molecule has 4 heteroatoms. The SMILES string of the molecule is CC(C)(C)N[C@H](c1cccnc1)[C@H](NC(C)(C)C)c1cccnc1. The van der Waals surface area contributed by atoms with Gasteiger partial charge in [-0.3, -0.25) is 9.97 Å². The molecule has 0 saturated carbocycles. The van der Waals surface area contributed by atoms with Crippen LogP contribution < -0.4 is 10.6 Å². The number of aromatic nitrogens is 2. The molecule has 2 rings (SSSR count). The van der Waals surface area contributed by atoms with Crippen molar-refractivity contribution >= 4 is 0 Å². The van der Waals surface area contributed by atoms with Gasteiger partial charge in [0.1, 0.15) is 0 Å². The molecule has 0 aliphatic heterocycles. The van der Waals surface area contributed by atoms with Crippen molar-refractivity contribution in [3.63, 3.8) is 0 Å². The van der Waals surface area contributed by atoms with Crippen LogP contribution in [0.25, 0.3) is 0 Å². The molecule has 2 atom stereocenters. The summed E-state index contributed by atoms with van der Waals surface area (Å²) in [5, 5.41) is 7.53. The molecule has 130 valence electrons. The number of rotatable bonds is 5. The van der Waals surface area contributed by atoms with Crippen LogP contribution in [0.1, 0.15) is 64.8 Å². The molecule has 4 nitrogen and oxygen atoms in total. The Morgan fingerprint density at radius 3 is 1.33 bits per heavy atom. The fourth-order valence-electron chi connectivity index (χ4n) is 2.77. The van der Waals surface area contributed by atoms with Crippen LogP contribution in [0.4, 0.5) is 0 Å². The zero-order valence-corrected chi connectivity index (χ0v) is 15.7. The summed E-state index contributed by atoms with van der Waals surface area (Å²) in [6, 6.07) is 8.41. The maximum Gasteiger partial charge on any atom is 0.0538 e. The smallest absolute Gasteiger partial charge is 0.0538 e. The van der Waals surface area contributed by atoms with Crippen LogP contribution in [-0.4, -0.2) is 21.0 Å². The summed E-state index contributed by atoms with van der Waals surface area (Å²) in [4.78, 5) is 8.65. The van der Waals surface area contributed by atoms with E-state index in [4.69, 9.17) is 0 Å². The van der Waals surface area contributed by atoms with Gasteiger partial charge in [0.25, 0.3) is 0 Å². The first-order valence-electron chi connectivity index (χ1n) is 8.51. The second-order valence-corrected chi connectivity index (χ2v) is 8.32. The minimum Gasteiger partial charge on any atom is -0.304 e. The highest BCUT2D eigenvalue weighted by Gasteiger charge is 2.31. The summed E-state index contributed by atoms with van der Waals surface area (Å²) in [7, 11) is 0. The molecule has 0 fully saturated rings. The van der Waals surface area contributed by atoms with E-state index in [1.807, 2.05) is 36.9 Å². The van der Waals surface area contributed by atoms with Gasteiger partial charge < -0.3 is 10.6 Å². The summed E-state index contributed by atoms with van der Waals surface area (Å²) in [6.07, 6.45) is 7.51. The zero-order valence-electron chi connectivity index (χ0n) is 15.7. The van der Waals surface area contributed by atoms with E-state index in [1.165, 1.54) is 0 Å². The number of nitrogens with zero attached hydrogens (tertiary/aromatic N) is 2.